The number of hydrogen-bond donors (Lipinski definition) is 2. The lowest BCUT2D eigenvalue weighted by molar-refractivity contribution is 0.0951. The first kappa shape index (κ1) is 16.4. The number of amides is 1. The molecular weight excluding hydrogens is 326 g/mol. The van der Waals surface area contributed by atoms with E-state index in [1.54, 1.807) is 18.2 Å². The van der Waals surface area contributed by atoms with Gasteiger partial charge in [-0.1, -0.05) is 17.7 Å². The molecule has 0 unspecified atom stereocenters. The molecule has 2 N–H and O–H groups in total. The van der Waals surface area contributed by atoms with Crippen LogP contribution in [-0.4, -0.2) is 26.4 Å². The van der Waals surface area contributed by atoms with Crippen molar-refractivity contribution in [2.45, 2.75) is 11.4 Å². The van der Waals surface area contributed by atoms with Crippen LogP contribution in [0.1, 0.15) is 15.9 Å². The maximum absolute atomic E-state index is 11.9. The summed E-state index contributed by atoms with van der Waals surface area (Å²) in [4.78, 5) is 15.8. The first-order valence-electron chi connectivity index (χ1n) is 6.34. The molecule has 8 heteroatoms. The van der Waals surface area contributed by atoms with Crippen LogP contribution in [0.3, 0.4) is 0 Å². The third-order valence-corrected chi connectivity index (χ3v) is 4.75. The van der Waals surface area contributed by atoms with Gasteiger partial charge >= 0.3 is 0 Å². The molecule has 0 aliphatic carbocycles. The fourth-order valence-corrected chi connectivity index (χ4v) is 2.81. The Bertz CT molecular complexity index is 779. The molecule has 0 aliphatic rings. The average Bonchev–Trinajstić information content (AvgIpc) is 2.54. The van der Waals surface area contributed by atoms with Crippen LogP contribution in [0.2, 0.25) is 5.02 Å². The van der Waals surface area contributed by atoms with Gasteiger partial charge in [0.1, 0.15) is 0 Å². The van der Waals surface area contributed by atoms with E-state index in [9.17, 15) is 13.2 Å². The molecule has 0 saturated heterocycles. The van der Waals surface area contributed by atoms with Crippen LogP contribution in [0.4, 0.5) is 0 Å². The Balaban J connectivity index is 2.10. The van der Waals surface area contributed by atoms with E-state index in [0.29, 0.717) is 11.1 Å². The molecule has 0 fully saturated rings. The summed E-state index contributed by atoms with van der Waals surface area (Å²) in [5, 5.41) is 2.98. The highest BCUT2D eigenvalue weighted by Crippen LogP contribution is 2.20. The van der Waals surface area contributed by atoms with E-state index in [0.717, 1.165) is 0 Å². The number of pyridine rings is 1. The van der Waals surface area contributed by atoms with Crippen molar-refractivity contribution in [2.24, 2.45) is 0 Å². The summed E-state index contributed by atoms with van der Waals surface area (Å²) < 4.78 is 25.6. The molecule has 2 rings (SSSR count). The molecule has 0 radical (unpaired) electrons. The normalized spacial score (nSPS) is 11.2. The first-order valence-corrected chi connectivity index (χ1v) is 8.20. The molecular formula is C14H14ClN3O3S. The number of nitrogens with zero attached hydrogens (tertiary/aromatic N) is 1. The van der Waals surface area contributed by atoms with Crippen molar-refractivity contribution in [2.75, 3.05) is 7.05 Å². The van der Waals surface area contributed by atoms with Gasteiger partial charge in [-0.05, 0) is 36.9 Å². The highest BCUT2D eigenvalue weighted by molar-refractivity contribution is 7.89. The van der Waals surface area contributed by atoms with Crippen LogP contribution in [0.15, 0.2) is 47.6 Å². The molecule has 1 heterocycles. The van der Waals surface area contributed by atoms with Crippen LogP contribution >= 0.6 is 11.6 Å². The Kier molecular flexibility index (Phi) is 5.12. The topological polar surface area (TPSA) is 88.2 Å². The van der Waals surface area contributed by atoms with Crippen molar-refractivity contribution in [1.29, 1.82) is 0 Å². The number of halogens is 1. The SMILES string of the molecule is CNS(=O)(=O)c1ccc(CNC(=O)c2ccncc2)c(Cl)c1. The maximum Gasteiger partial charge on any atom is 0.251 e. The minimum atomic E-state index is -3.54. The van der Waals surface area contributed by atoms with Crippen molar-refractivity contribution in [3.05, 3.63) is 58.9 Å². The van der Waals surface area contributed by atoms with Crippen molar-refractivity contribution >= 4 is 27.5 Å². The summed E-state index contributed by atoms with van der Waals surface area (Å²) in [7, 11) is -2.21. The summed E-state index contributed by atoms with van der Waals surface area (Å²) in [6.45, 7) is 0.194. The fraction of sp³-hybridized carbons (Fsp3) is 0.143. The molecule has 0 aliphatic heterocycles. The average molecular weight is 340 g/mol. The summed E-state index contributed by atoms with van der Waals surface area (Å²) in [6.07, 6.45) is 3.05. The van der Waals surface area contributed by atoms with E-state index in [1.807, 2.05) is 0 Å². The number of aromatic nitrogens is 1. The molecule has 2 aromatic rings. The van der Waals surface area contributed by atoms with Crippen molar-refractivity contribution in [3.63, 3.8) is 0 Å². The second-order valence-corrected chi connectivity index (χ2v) is 6.67. The largest absolute Gasteiger partial charge is 0.348 e. The predicted octanol–water partition coefficient (Wildman–Crippen LogP) is 1.57. The second kappa shape index (κ2) is 6.87. The van der Waals surface area contributed by atoms with Gasteiger partial charge in [0.25, 0.3) is 5.91 Å². The lowest BCUT2D eigenvalue weighted by Crippen LogP contribution is -2.23. The maximum atomic E-state index is 11.9. The summed E-state index contributed by atoms with van der Waals surface area (Å²) in [5.74, 6) is -0.259. The monoisotopic (exact) mass is 339 g/mol. The quantitative estimate of drug-likeness (QED) is 0.865. The van der Waals surface area contributed by atoms with Crippen LogP contribution < -0.4 is 10.0 Å². The minimum absolute atomic E-state index is 0.0733. The van der Waals surface area contributed by atoms with Crippen LogP contribution in [0.25, 0.3) is 0 Å². The first-order chi connectivity index (χ1) is 10.4. The third kappa shape index (κ3) is 3.82. The number of carbonyl (C=O) groups excluding carboxylic acids is 1. The van der Waals surface area contributed by atoms with Crippen LogP contribution in [0.5, 0.6) is 0 Å². The Morgan fingerprint density at radius 2 is 1.91 bits per heavy atom. The molecule has 0 atom stereocenters. The fourth-order valence-electron chi connectivity index (χ4n) is 1.74. The highest BCUT2D eigenvalue weighted by Gasteiger charge is 2.13. The molecule has 116 valence electrons. The Morgan fingerprint density at radius 1 is 1.23 bits per heavy atom. The van der Waals surface area contributed by atoms with Gasteiger partial charge in [0.15, 0.2) is 0 Å². The van der Waals surface area contributed by atoms with Gasteiger partial charge in [-0.2, -0.15) is 0 Å². The zero-order chi connectivity index (χ0) is 16.2. The van der Waals surface area contributed by atoms with Gasteiger partial charge in [0.2, 0.25) is 10.0 Å². The molecule has 0 spiro atoms. The summed E-state index contributed by atoms with van der Waals surface area (Å²) >= 11 is 6.07. The van der Waals surface area contributed by atoms with Gasteiger partial charge in [-0.3, -0.25) is 9.78 Å². The predicted molar refractivity (Wildman–Crippen MR) is 83.1 cm³/mol. The van der Waals surface area contributed by atoms with E-state index < -0.39 is 10.0 Å². The van der Waals surface area contributed by atoms with Crippen molar-refractivity contribution in [1.82, 2.24) is 15.0 Å². The van der Waals surface area contributed by atoms with Crippen molar-refractivity contribution in [3.8, 4) is 0 Å². The number of hydrogen-bond acceptors (Lipinski definition) is 4. The van der Waals surface area contributed by atoms with E-state index >= 15 is 0 Å². The molecule has 6 nitrogen and oxygen atoms in total. The van der Waals surface area contributed by atoms with E-state index in [1.165, 1.54) is 31.6 Å². The number of carbonyl (C=O) groups is 1. The van der Waals surface area contributed by atoms with Gasteiger partial charge in [0.05, 0.1) is 4.90 Å². The minimum Gasteiger partial charge on any atom is -0.348 e. The second-order valence-electron chi connectivity index (χ2n) is 4.38. The van der Waals surface area contributed by atoms with Crippen LogP contribution in [0, 0.1) is 0 Å². The molecule has 0 bridgehead atoms. The van der Waals surface area contributed by atoms with Gasteiger partial charge in [0, 0.05) is 29.5 Å². The number of sulfonamides is 1. The molecule has 0 saturated carbocycles. The molecule has 1 aromatic heterocycles. The van der Waals surface area contributed by atoms with E-state index in [-0.39, 0.29) is 22.4 Å². The Labute approximate surface area is 133 Å². The Morgan fingerprint density at radius 3 is 2.50 bits per heavy atom. The molecule has 22 heavy (non-hydrogen) atoms. The molecule has 1 amide bonds. The number of rotatable bonds is 5. The number of benzene rings is 1. The van der Waals surface area contributed by atoms with Gasteiger partial charge in [-0.15, -0.1) is 0 Å². The van der Waals surface area contributed by atoms with Gasteiger partial charge < -0.3 is 5.32 Å². The van der Waals surface area contributed by atoms with E-state index in [4.69, 9.17) is 11.6 Å². The lowest BCUT2D eigenvalue weighted by atomic mass is 10.2. The number of nitrogens with one attached hydrogen (secondary N) is 2. The third-order valence-electron chi connectivity index (χ3n) is 2.99. The van der Waals surface area contributed by atoms with Crippen LogP contribution in [-0.2, 0) is 16.6 Å². The zero-order valence-electron chi connectivity index (χ0n) is 11.7. The molecule has 1 aromatic carbocycles. The summed E-state index contributed by atoms with van der Waals surface area (Å²) in [6, 6.07) is 7.55. The van der Waals surface area contributed by atoms with Gasteiger partial charge in [-0.25, -0.2) is 13.1 Å². The Hall–Kier alpha value is -1.96. The summed E-state index contributed by atoms with van der Waals surface area (Å²) in [5.41, 5.74) is 1.11. The van der Waals surface area contributed by atoms with E-state index in [2.05, 4.69) is 15.0 Å². The standard InChI is InChI=1S/C14H14ClN3O3S/c1-16-22(20,21)12-3-2-11(13(15)8-12)9-18-14(19)10-4-6-17-7-5-10/h2-8,16H,9H2,1H3,(H,18,19). The zero-order valence-corrected chi connectivity index (χ0v) is 13.3. The lowest BCUT2D eigenvalue weighted by Gasteiger charge is -2.09. The highest BCUT2D eigenvalue weighted by atomic mass is 35.5. The van der Waals surface area contributed by atoms with Crippen molar-refractivity contribution < 1.29 is 13.2 Å². The smallest absolute Gasteiger partial charge is 0.251 e.